The molecule has 0 amide bonds. The van der Waals surface area contributed by atoms with Gasteiger partial charge in [0.05, 0.1) is 25.4 Å². The highest BCUT2D eigenvalue weighted by Gasteiger charge is 2.45. The van der Waals surface area contributed by atoms with Crippen LogP contribution >= 0.6 is 11.6 Å². The molecule has 1 saturated heterocycles. The Morgan fingerprint density at radius 2 is 1.39 bits per heavy atom. The van der Waals surface area contributed by atoms with Gasteiger partial charge >= 0.3 is 0 Å². The quantitative estimate of drug-likeness (QED) is 0.170. The number of halogens is 1. The number of hydrogen-bond acceptors (Lipinski definition) is 4. The molecule has 0 spiro atoms. The molecule has 5 atom stereocenters. The summed E-state index contributed by atoms with van der Waals surface area (Å²) < 4.78 is 20.2. The molecule has 4 aromatic rings. The van der Waals surface area contributed by atoms with E-state index in [-0.39, 0.29) is 30.3 Å². The predicted octanol–water partition coefficient (Wildman–Crippen LogP) is 8.40. The van der Waals surface area contributed by atoms with Crippen LogP contribution in [0.25, 0.3) is 0 Å². The van der Waals surface area contributed by atoms with Crippen molar-refractivity contribution < 1.29 is 19.0 Å². The molecule has 5 rings (SSSR count). The van der Waals surface area contributed by atoms with E-state index in [0.29, 0.717) is 30.2 Å². The molecule has 4 nitrogen and oxygen atoms in total. The molecule has 1 aliphatic rings. The van der Waals surface area contributed by atoms with Crippen molar-refractivity contribution in [3.8, 4) is 0 Å². The number of benzene rings is 4. The van der Waals surface area contributed by atoms with Gasteiger partial charge in [-0.2, -0.15) is 0 Å². The Bertz CT molecular complexity index is 1390. The third-order valence-electron chi connectivity index (χ3n) is 7.93. The molecule has 1 fully saturated rings. The molecule has 0 radical (unpaired) electrons. The summed E-state index contributed by atoms with van der Waals surface area (Å²) in [5.41, 5.74) is 6.00. The van der Waals surface area contributed by atoms with Crippen molar-refractivity contribution in [1.29, 1.82) is 0 Å². The van der Waals surface area contributed by atoms with Gasteiger partial charge in [-0.05, 0) is 46.7 Å². The van der Waals surface area contributed by atoms with Gasteiger partial charge in [-0.15, -0.1) is 0 Å². The summed E-state index contributed by atoms with van der Waals surface area (Å²) in [5.74, 6) is 0.142. The zero-order valence-corrected chi connectivity index (χ0v) is 24.4. The van der Waals surface area contributed by atoms with E-state index in [2.05, 4.69) is 44.2 Å². The molecule has 212 valence electrons. The largest absolute Gasteiger partial charge is 0.370 e. The van der Waals surface area contributed by atoms with Crippen molar-refractivity contribution >= 4 is 17.9 Å². The number of carbonyl (C=O) groups excluding carboxylic acids is 1. The second-order valence-electron chi connectivity index (χ2n) is 10.8. The van der Waals surface area contributed by atoms with Crippen LogP contribution in [0, 0.1) is 5.92 Å². The summed E-state index contributed by atoms with van der Waals surface area (Å²) in [6.07, 6.45) is 1.58. The van der Waals surface area contributed by atoms with Crippen molar-refractivity contribution in [2.75, 3.05) is 0 Å². The van der Waals surface area contributed by atoms with Gasteiger partial charge in [0.25, 0.3) is 0 Å². The molecule has 1 heterocycles. The maximum Gasteiger partial charge on any atom is 0.150 e. The van der Waals surface area contributed by atoms with E-state index in [4.69, 9.17) is 25.8 Å². The maximum absolute atomic E-state index is 11.1. The van der Waals surface area contributed by atoms with E-state index in [1.165, 1.54) is 0 Å². The number of carbonyl (C=O) groups is 1. The van der Waals surface area contributed by atoms with Crippen molar-refractivity contribution in [1.82, 2.24) is 0 Å². The Hall–Kier alpha value is -3.28. The lowest BCUT2D eigenvalue weighted by Crippen LogP contribution is -2.51. The number of hydrogen-bond donors (Lipinski definition) is 0. The van der Waals surface area contributed by atoms with Gasteiger partial charge < -0.3 is 14.2 Å². The van der Waals surface area contributed by atoms with Crippen LogP contribution in [-0.2, 0) is 33.8 Å². The molecule has 1 aliphatic heterocycles. The van der Waals surface area contributed by atoms with Crippen LogP contribution in [0.3, 0.4) is 0 Å². The van der Waals surface area contributed by atoms with Crippen molar-refractivity contribution in [3.63, 3.8) is 0 Å². The van der Waals surface area contributed by atoms with Crippen LogP contribution in [0.2, 0.25) is 5.02 Å². The van der Waals surface area contributed by atoms with E-state index in [0.717, 1.165) is 40.5 Å². The molecule has 0 saturated carbocycles. The van der Waals surface area contributed by atoms with Gasteiger partial charge in [0, 0.05) is 16.5 Å². The Morgan fingerprint density at radius 1 is 0.780 bits per heavy atom. The summed E-state index contributed by atoms with van der Waals surface area (Å²) >= 11 is 6.69. The normalized spacial score (nSPS) is 22.4. The molecule has 0 unspecified atom stereocenters. The maximum atomic E-state index is 11.1. The smallest absolute Gasteiger partial charge is 0.150 e. The average Bonchev–Trinajstić information content (AvgIpc) is 3.02. The molecule has 41 heavy (non-hydrogen) atoms. The Balaban J connectivity index is 1.46. The minimum absolute atomic E-state index is 0.0207. The SMILES string of the molecule is CC[C@H]1O[C@@H](c2ccc(Cl)c(Cc3ccc(C=O)cc3)c2)[C@H](OCc2ccccc2)[C@@H](OCc2ccccc2)[C@@H]1C. The molecule has 4 aromatic carbocycles. The van der Waals surface area contributed by atoms with E-state index in [9.17, 15) is 4.79 Å². The number of aldehydes is 1. The standard InChI is InChI=1S/C36H37ClO4/c1-3-33-25(2)34(39-23-28-10-6-4-7-11-28)36(40-24-29-12-8-5-9-13-29)35(41-33)30-18-19-32(37)31(21-30)20-26-14-16-27(22-38)17-15-26/h4-19,21-22,25,33-36H,3,20,23-24H2,1-2H3/t25-,33-,34+,35+,36-/m1/s1. The third-order valence-corrected chi connectivity index (χ3v) is 8.30. The Morgan fingerprint density at radius 3 is 1.98 bits per heavy atom. The highest BCUT2D eigenvalue weighted by Crippen LogP contribution is 2.41. The van der Waals surface area contributed by atoms with Gasteiger partial charge in [-0.3, -0.25) is 4.79 Å². The highest BCUT2D eigenvalue weighted by atomic mass is 35.5. The van der Waals surface area contributed by atoms with Crippen molar-refractivity contribution in [3.05, 3.63) is 142 Å². The first kappa shape index (κ1) is 29.2. The first-order chi connectivity index (χ1) is 20.1. The average molecular weight is 569 g/mol. The monoisotopic (exact) mass is 568 g/mol. The van der Waals surface area contributed by atoms with Crippen LogP contribution in [-0.4, -0.2) is 24.6 Å². The van der Waals surface area contributed by atoms with Gasteiger partial charge in [0.1, 0.15) is 18.5 Å². The highest BCUT2D eigenvalue weighted by molar-refractivity contribution is 6.31. The van der Waals surface area contributed by atoms with Crippen molar-refractivity contribution in [2.45, 2.75) is 64.3 Å². The Labute approximate surface area is 248 Å². The fraction of sp³-hybridized carbons (Fsp3) is 0.306. The van der Waals surface area contributed by atoms with Gasteiger partial charge in [-0.25, -0.2) is 0 Å². The second-order valence-corrected chi connectivity index (χ2v) is 11.2. The van der Waals surface area contributed by atoms with Gasteiger partial charge in [-0.1, -0.05) is 123 Å². The second kappa shape index (κ2) is 14.1. The van der Waals surface area contributed by atoms with Gasteiger partial charge in [0.15, 0.2) is 0 Å². The van der Waals surface area contributed by atoms with E-state index >= 15 is 0 Å². The topological polar surface area (TPSA) is 44.8 Å². The Kier molecular flexibility index (Phi) is 10.0. The molecule has 0 aromatic heterocycles. The van der Waals surface area contributed by atoms with Crippen LogP contribution in [0.4, 0.5) is 0 Å². The molecular weight excluding hydrogens is 532 g/mol. The summed E-state index contributed by atoms with van der Waals surface area (Å²) in [6.45, 7) is 5.33. The summed E-state index contributed by atoms with van der Waals surface area (Å²) in [6, 6.07) is 34.2. The molecular formula is C36H37ClO4. The minimum atomic E-state index is -0.325. The molecule has 0 aliphatic carbocycles. The fourth-order valence-electron chi connectivity index (χ4n) is 5.61. The van der Waals surface area contributed by atoms with Gasteiger partial charge in [0.2, 0.25) is 0 Å². The number of rotatable bonds is 11. The van der Waals surface area contributed by atoms with Crippen LogP contribution < -0.4 is 0 Å². The number of ether oxygens (including phenoxy) is 3. The van der Waals surface area contributed by atoms with Crippen molar-refractivity contribution in [2.24, 2.45) is 5.92 Å². The summed E-state index contributed by atoms with van der Waals surface area (Å²) in [4.78, 5) is 11.1. The fourth-order valence-corrected chi connectivity index (χ4v) is 5.80. The third kappa shape index (κ3) is 7.33. The summed E-state index contributed by atoms with van der Waals surface area (Å²) in [5, 5.41) is 0.697. The first-order valence-corrected chi connectivity index (χ1v) is 14.7. The molecule has 0 N–H and O–H groups in total. The lowest BCUT2D eigenvalue weighted by molar-refractivity contribution is -0.234. The van der Waals surface area contributed by atoms with E-state index < -0.39 is 0 Å². The van der Waals surface area contributed by atoms with Crippen LogP contribution in [0.5, 0.6) is 0 Å². The first-order valence-electron chi connectivity index (χ1n) is 14.3. The summed E-state index contributed by atoms with van der Waals surface area (Å²) in [7, 11) is 0. The molecule has 0 bridgehead atoms. The zero-order chi connectivity index (χ0) is 28.6. The lowest BCUT2D eigenvalue weighted by atomic mass is 9.84. The zero-order valence-electron chi connectivity index (χ0n) is 23.6. The van der Waals surface area contributed by atoms with E-state index in [1.54, 1.807) is 0 Å². The van der Waals surface area contributed by atoms with Crippen LogP contribution in [0.15, 0.2) is 103 Å². The predicted molar refractivity (Wildman–Crippen MR) is 163 cm³/mol. The van der Waals surface area contributed by atoms with Crippen LogP contribution in [0.1, 0.15) is 64.5 Å². The molecule has 5 heteroatoms. The van der Waals surface area contributed by atoms with E-state index in [1.807, 2.05) is 72.8 Å². The minimum Gasteiger partial charge on any atom is -0.370 e. The lowest BCUT2D eigenvalue weighted by Gasteiger charge is -2.46.